The Morgan fingerprint density at radius 3 is 2.53 bits per heavy atom. The van der Waals surface area contributed by atoms with Gasteiger partial charge in [0.15, 0.2) is 5.60 Å². The van der Waals surface area contributed by atoms with Crippen molar-refractivity contribution in [2.24, 2.45) is 5.92 Å². The van der Waals surface area contributed by atoms with Crippen LogP contribution in [-0.4, -0.2) is 53.3 Å². The van der Waals surface area contributed by atoms with E-state index in [-0.39, 0.29) is 5.92 Å². The first-order valence-corrected chi connectivity index (χ1v) is 12.2. The highest BCUT2D eigenvalue weighted by Crippen LogP contribution is 2.41. The van der Waals surface area contributed by atoms with E-state index in [4.69, 9.17) is 4.74 Å². The smallest absolute Gasteiger partial charge is 0.343 e. The summed E-state index contributed by atoms with van der Waals surface area (Å²) in [7, 11) is 2.29. The number of benzene rings is 1. The third kappa shape index (κ3) is 4.89. The fourth-order valence-electron chi connectivity index (χ4n) is 5.77. The molecule has 2 aromatic rings. The maximum absolute atomic E-state index is 13.3. The third-order valence-corrected chi connectivity index (χ3v) is 7.85. The number of likely N-dealkylation sites (N-methyl/N-ethyl adjacent to an activating group) is 1. The number of ether oxygens (including phenoxy) is 1. The quantitative estimate of drug-likeness (QED) is 0.471. The zero-order valence-corrected chi connectivity index (χ0v) is 19.3. The molecule has 2 fully saturated rings. The normalized spacial score (nSPS) is 25.5. The van der Waals surface area contributed by atoms with Gasteiger partial charge in [-0.3, -0.25) is 4.98 Å². The molecule has 172 valence electrons. The molecule has 1 aromatic heterocycles. The second-order valence-corrected chi connectivity index (χ2v) is 9.89. The number of hydrogen-bond donors (Lipinski definition) is 1. The largest absolute Gasteiger partial charge is 0.457 e. The topological polar surface area (TPSA) is 59.4 Å². The van der Waals surface area contributed by atoms with E-state index in [0.717, 1.165) is 68.9 Å². The van der Waals surface area contributed by atoms with Gasteiger partial charge in [-0.25, -0.2) is 4.79 Å². The lowest BCUT2D eigenvalue weighted by atomic mass is 9.80. The standard InChI is InChI=1S/C27H37N2O3/c1-29(19-7-9-22-15-17-28-18-16-22)20-8-14-25(29)21-32-26(30)27(31,24-12-5-6-13-24)23-10-3-2-4-11-23/h2-4,10-11,15-18,24-25,31H,5-9,12-14,19-21H2,1H3/q+1. The molecule has 32 heavy (non-hydrogen) atoms. The van der Waals surface area contributed by atoms with Crippen LogP contribution in [0.3, 0.4) is 0 Å². The van der Waals surface area contributed by atoms with Gasteiger partial charge in [-0.15, -0.1) is 0 Å². The molecule has 1 saturated carbocycles. The number of quaternary nitrogens is 1. The minimum Gasteiger partial charge on any atom is -0.457 e. The first-order chi connectivity index (χ1) is 15.5. The Hall–Kier alpha value is -2.24. The highest BCUT2D eigenvalue weighted by molar-refractivity contribution is 5.81. The zero-order chi connectivity index (χ0) is 22.4. The van der Waals surface area contributed by atoms with E-state index in [1.807, 2.05) is 42.7 Å². The molecular weight excluding hydrogens is 400 g/mol. The van der Waals surface area contributed by atoms with E-state index < -0.39 is 11.6 Å². The summed E-state index contributed by atoms with van der Waals surface area (Å²) in [5, 5.41) is 11.6. The molecule has 3 unspecified atom stereocenters. The van der Waals surface area contributed by atoms with Crippen molar-refractivity contribution in [3.63, 3.8) is 0 Å². The van der Waals surface area contributed by atoms with Gasteiger partial charge < -0.3 is 14.3 Å². The minimum atomic E-state index is -1.54. The number of aryl methyl sites for hydroxylation is 1. The molecule has 0 radical (unpaired) electrons. The first kappa shape index (κ1) is 22.9. The predicted octanol–water partition coefficient (Wildman–Crippen LogP) is 4.24. The van der Waals surface area contributed by atoms with Crippen LogP contribution in [-0.2, 0) is 21.6 Å². The van der Waals surface area contributed by atoms with Crippen molar-refractivity contribution in [3.8, 4) is 0 Å². The fourth-order valence-corrected chi connectivity index (χ4v) is 5.77. The van der Waals surface area contributed by atoms with Crippen LogP contribution in [0.4, 0.5) is 0 Å². The molecule has 1 N–H and O–H groups in total. The number of hydrogen-bond acceptors (Lipinski definition) is 4. The van der Waals surface area contributed by atoms with E-state index in [2.05, 4.69) is 24.2 Å². The van der Waals surface area contributed by atoms with Gasteiger partial charge in [0.25, 0.3) is 0 Å². The summed E-state index contributed by atoms with van der Waals surface area (Å²) in [6.45, 7) is 2.56. The molecule has 0 amide bonds. The summed E-state index contributed by atoms with van der Waals surface area (Å²) < 4.78 is 6.84. The van der Waals surface area contributed by atoms with Gasteiger partial charge in [-0.05, 0) is 42.5 Å². The number of carbonyl (C=O) groups excluding carboxylic acids is 1. The second-order valence-electron chi connectivity index (χ2n) is 9.89. The molecule has 1 aromatic carbocycles. The van der Waals surface area contributed by atoms with Gasteiger partial charge in [0.05, 0.1) is 20.1 Å². The highest BCUT2D eigenvalue weighted by Gasteiger charge is 2.48. The predicted molar refractivity (Wildman–Crippen MR) is 125 cm³/mol. The van der Waals surface area contributed by atoms with Gasteiger partial charge in [0.2, 0.25) is 0 Å². The van der Waals surface area contributed by atoms with Gasteiger partial charge in [0.1, 0.15) is 12.6 Å². The number of nitrogens with zero attached hydrogens (tertiary/aromatic N) is 2. The Kier molecular flexibility index (Phi) is 7.27. The van der Waals surface area contributed by atoms with Gasteiger partial charge in [-0.2, -0.15) is 0 Å². The van der Waals surface area contributed by atoms with Crippen molar-refractivity contribution in [2.75, 3.05) is 26.7 Å². The molecule has 5 heteroatoms. The highest BCUT2D eigenvalue weighted by atomic mass is 16.6. The van der Waals surface area contributed by atoms with Crippen LogP contribution in [0.5, 0.6) is 0 Å². The van der Waals surface area contributed by atoms with Crippen molar-refractivity contribution in [1.82, 2.24) is 4.98 Å². The van der Waals surface area contributed by atoms with E-state index >= 15 is 0 Å². The lowest BCUT2D eigenvalue weighted by Gasteiger charge is -2.37. The number of esters is 1. The molecule has 1 saturated heterocycles. The van der Waals surface area contributed by atoms with Crippen LogP contribution in [0.15, 0.2) is 54.9 Å². The van der Waals surface area contributed by atoms with Crippen LogP contribution < -0.4 is 0 Å². The fraction of sp³-hybridized carbons (Fsp3) is 0.556. The molecule has 1 aliphatic carbocycles. The molecule has 1 aliphatic heterocycles. The second kappa shape index (κ2) is 10.1. The Morgan fingerprint density at radius 2 is 1.81 bits per heavy atom. The Morgan fingerprint density at radius 1 is 1.09 bits per heavy atom. The van der Waals surface area contributed by atoms with Crippen LogP contribution >= 0.6 is 0 Å². The Bertz CT molecular complexity index is 869. The lowest BCUT2D eigenvalue weighted by Crippen LogP contribution is -2.52. The average Bonchev–Trinajstić information content (AvgIpc) is 3.49. The number of rotatable bonds is 9. The van der Waals surface area contributed by atoms with Crippen LogP contribution in [0, 0.1) is 5.92 Å². The first-order valence-electron chi connectivity index (χ1n) is 12.2. The van der Waals surface area contributed by atoms with Crippen LogP contribution in [0.25, 0.3) is 0 Å². The summed E-state index contributed by atoms with van der Waals surface area (Å²) in [6, 6.07) is 13.8. The molecule has 2 aliphatic rings. The summed E-state index contributed by atoms with van der Waals surface area (Å²) >= 11 is 0. The molecular formula is C27H37N2O3+. The number of aliphatic hydroxyl groups is 1. The maximum atomic E-state index is 13.3. The monoisotopic (exact) mass is 437 g/mol. The molecule has 3 atom stereocenters. The molecule has 5 nitrogen and oxygen atoms in total. The van der Waals surface area contributed by atoms with E-state index in [0.29, 0.717) is 18.2 Å². The summed E-state index contributed by atoms with van der Waals surface area (Å²) in [5.41, 5.74) is 0.442. The van der Waals surface area contributed by atoms with E-state index in [1.54, 1.807) is 0 Å². The van der Waals surface area contributed by atoms with Crippen LogP contribution in [0.1, 0.15) is 56.1 Å². The zero-order valence-electron chi connectivity index (χ0n) is 19.3. The Balaban J connectivity index is 1.38. The van der Waals surface area contributed by atoms with Gasteiger partial charge >= 0.3 is 5.97 Å². The number of likely N-dealkylation sites (tertiary alicyclic amines) is 1. The summed E-state index contributed by atoms with van der Waals surface area (Å²) in [6.07, 6.45) is 11.9. The molecule has 2 heterocycles. The van der Waals surface area contributed by atoms with Crippen molar-refractivity contribution in [2.45, 2.75) is 63.0 Å². The molecule has 4 rings (SSSR count). The average molecular weight is 438 g/mol. The van der Waals surface area contributed by atoms with Crippen molar-refractivity contribution >= 4 is 5.97 Å². The third-order valence-electron chi connectivity index (χ3n) is 7.85. The SMILES string of the molecule is C[N+]1(CCCc2ccncc2)CCCC1COC(=O)C(O)(c1ccccc1)C1CCCC1. The van der Waals surface area contributed by atoms with Crippen molar-refractivity contribution in [3.05, 3.63) is 66.0 Å². The molecule has 0 bridgehead atoms. The number of aromatic nitrogens is 1. The van der Waals surface area contributed by atoms with E-state index in [9.17, 15) is 9.90 Å². The summed E-state index contributed by atoms with van der Waals surface area (Å²) in [5.74, 6) is -0.534. The van der Waals surface area contributed by atoms with Gasteiger partial charge in [-0.1, -0.05) is 43.2 Å². The maximum Gasteiger partial charge on any atom is 0.343 e. The van der Waals surface area contributed by atoms with Crippen molar-refractivity contribution < 1.29 is 19.1 Å². The Labute approximate surface area is 192 Å². The minimum absolute atomic E-state index is 0.0674. The number of pyridine rings is 1. The molecule has 0 spiro atoms. The summed E-state index contributed by atoms with van der Waals surface area (Å²) in [4.78, 5) is 17.4. The lowest BCUT2D eigenvalue weighted by molar-refractivity contribution is -0.921. The van der Waals surface area contributed by atoms with Crippen molar-refractivity contribution in [1.29, 1.82) is 0 Å². The van der Waals surface area contributed by atoms with E-state index in [1.165, 1.54) is 5.56 Å². The number of carbonyl (C=O) groups is 1. The van der Waals surface area contributed by atoms with Crippen LogP contribution in [0.2, 0.25) is 0 Å². The van der Waals surface area contributed by atoms with Gasteiger partial charge in [0, 0.05) is 37.6 Å².